The summed E-state index contributed by atoms with van der Waals surface area (Å²) in [6, 6.07) is 7.41. The van der Waals surface area contributed by atoms with Gasteiger partial charge in [-0.25, -0.2) is 0 Å². The largest absolute Gasteiger partial charge is 0.496 e. The molecule has 5 heteroatoms. The molecule has 3 fully saturated rings. The highest BCUT2D eigenvalue weighted by Crippen LogP contribution is 2.65. The molecule has 5 nitrogen and oxygen atoms in total. The number of ether oxygens (including phenoxy) is 1. The molecule has 0 aromatic heterocycles. The number of benzene rings is 1. The Balaban J connectivity index is 1.45. The Labute approximate surface area is 140 Å². The third-order valence-corrected chi connectivity index (χ3v) is 6.09. The second-order valence-electron chi connectivity index (χ2n) is 7.13. The van der Waals surface area contributed by atoms with Gasteiger partial charge in [-0.15, -0.1) is 0 Å². The van der Waals surface area contributed by atoms with Crippen molar-refractivity contribution in [2.75, 3.05) is 7.11 Å². The smallest absolute Gasteiger partial charge is 0.254 e. The van der Waals surface area contributed by atoms with E-state index in [1.165, 1.54) is 6.42 Å². The highest BCUT2D eigenvalue weighted by molar-refractivity contribution is 6.06. The van der Waals surface area contributed by atoms with Gasteiger partial charge in [0.2, 0.25) is 0 Å². The molecule has 1 aromatic carbocycles. The molecule has 1 aromatic rings. The van der Waals surface area contributed by atoms with Crippen LogP contribution in [0, 0.1) is 35.5 Å². The van der Waals surface area contributed by atoms with Crippen LogP contribution < -0.4 is 4.74 Å². The molecular formula is C19H18N2O3. The molecule has 5 aliphatic rings. The fraction of sp³-hybridized carbons (Fsp3) is 0.421. The van der Waals surface area contributed by atoms with Gasteiger partial charge >= 0.3 is 0 Å². The topological polar surface area (TPSA) is 59.0 Å². The van der Waals surface area contributed by atoms with Crippen LogP contribution in [0.3, 0.4) is 0 Å². The van der Waals surface area contributed by atoms with Gasteiger partial charge in [-0.2, -0.15) is 10.1 Å². The SMILES string of the molecule is COc1ccccc1/C=N\N1C(=O)[C@@H]2[C@H]3C=C[C@@H]([C@@H]4C[C@@H]34)[C@H]2C1=O. The van der Waals surface area contributed by atoms with Crippen LogP contribution in [0.25, 0.3) is 0 Å². The zero-order chi connectivity index (χ0) is 16.4. The van der Waals surface area contributed by atoms with Crippen LogP contribution in [0.2, 0.25) is 0 Å². The summed E-state index contributed by atoms with van der Waals surface area (Å²) in [7, 11) is 1.59. The fourth-order valence-corrected chi connectivity index (χ4v) is 4.95. The van der Waals surface area contributed by atoms with Crippen molar-refractivity contribution in [1.29, 1.82) is 0 Å². The van der Waals surface area contributed by atoms with Crippen LogP contribution in [0.5, 0.6) is 5.75 Å². The van der Waals surface area contributed by atoms with Gasteiger partial charge in [-0.1, -0.05) is 24.3 Å². The van der Waals surface area contributed by atoms with Crippen LogP contribution in [0.1, 0.15) is 12.0 Å². The number of allylic oxidation sites excluding steroid dienone is 2. The average molecular weight is 322 g/mol. The summed E-state index contributed by atoms with van der Waals surface area (Å²) < 4.78 is 5.28. The van der Waals surface area contributed by atoms with Crippen molar-refractivity contribution in [2.45, 2.75) is 6.42 Å². The third kappa shape index (κ3) is 1.72. The number of methoxy groups -OCH3 is 1. The summed E-state index contributed by atoms with van der Waals surface area (Å²) in [5.74, 6) is 1.66. The first kappa shape index (κ1) is 14.0. The van der Waals surface area contributed by atoms with Crippen LogP contribution >= 0.6 is 0 Å². The summed E-state index contributed by atoms with van der Waals surface area (Å²) in [6.45, 7) is 0. The van der Waals surface area contributed by atoms with Crippen molar-refractivity contribution >= 4 is 18.0 Å². The number of para-hydroxylation sites is 1. The number of nitrogens with zero attached hydrogens (tertiary/aromatic N) is 2. The minimum Gasteiger partial charge on any atom is -0.496 e. The maximum absolute atomic E-state index is 12.8. The number of rotatable bonds is 3. The van der Waals surface area contributed by atoms with E-state index in [9.17, 15) is 9.59 Å². The molecule has 4 aliphatic carbocycles. The van der Waals surface area contributed by atoms with Gasteiger partial charge < -0.3 is 4.74 Å². The molecule has 0 unspecified atom stereocenters. The third-order valence-electron chi connectivity index (χ3n) is 6.09. The van der Waals surface area contributed by atoms with Crippen molar-refractivity contribution in [1.82, 2.24) is 5.01 Å². The number of carbonyl (C=O) groups is 2. The number of carbonyl (C=O) groups excluding carboxylic acids is 2. The molecule has 2 amide bonds. The summed E-state index contributed by atoms with van der Waals surface area (Å²) in [6.07, 6.45) is 7.04. The lowest BCUT2D eigenvalue weighted by molar-refractivity contribution is -0.140. The van der Waals surface area contributed by atoms with E-state index in [4.69, 9.17) is 4.74 Å². The lowest BCUT2D eigenvalue weighted by atomic mass is 9.63. The first-order chi connectivity index (χ1) is 11.7. The van der Waals surface area contributed by atoms with Gasteiger partial charge in [0.15, 0.2) is 0 Å². The molecule has 0 spiro atoms. The molecule has 0 N–H and O–H groups in total. The lowest BCUT2D eigenvalue weighted by Crippen LogP contribution is -2.40. The van der Waals surface area contributed by atoms with Crippen molar-refractivity contribution in [3.05, 3.63) is 42.0 Å². The van der Waals surface area contributed by atoms with E-state index in [2.05, 4.69) is 17.3 Å². The van der Waals surface area contributed by atoms with E-state index in [0.717, 1.165) is 10.6 Å². The quantitative estimate of drug-likeness (QED) is 0.486. The Morgan fingerprint density at radius 2 is 1.71 bits per heavy atom. The van der Waals surface area contributed by atoms with Crippen LogP contribution in [-0.4, -0.2) is 30.1 Å². The van der Waals surface area contributed by atoms with Gasteiger partial charge in [0.1, 0.15) is 5.75 Å². The highest BCUT2D eigenvalue weighted by Gasteiger charge is 2.67. The van der Waals surface area contributed by atoms with Crippen LogP contribution in [-0.2, 0) is 9.59 Å². The van der Waals surface area contributed by atoms with E-state index in [0.29, 0.717) is 17.6 Å². The molecular weight excluding hydrogens is 304 g/mol. The Morgan fingerprint density at radius 3 is 2.33 bits per heavy atom. The van der Waals surface area contributed by atoms with Gasteiger partial charge in [-0.3, -0.25) is 9.59 Å². The first-order valence-electron chi connectivity index (χ1n) is 8.44. The molecule has 0 radical (unpaired) electrons. The molecule has 1 saturated heterocycles. The average Bonchev–Trinajstić information content (AvgIpc) is 3.39. The van der Waals surface area contributed by atoms with Crippen molar-refractivity contribution in [3.8, 4) is 5.75 Å². The fourth-order valence-electron chi connectivity index (χ4n) is 4.95. The van der Waals surface area contributed by atoms with E-state index in [1.54, 1.807) is 13.3 Å². The van der Waals surface area contributed by atoms with E-state index in [1.807, 2.05) is 24.3 Å². The summed E-state index contributed by atoms with van der Waals surface area (Å²) in [5, 5.41) is 5.32. The van der Waals surface area contributed by atoms with Gasteiger partial charge in [0, 0.05) is 5.56 Å². The van der Waals surface area contributed by atoms with Crippen LogP contribution in [0.15, 0.2) is 41.5 Å². The maximum Gasteiger partial charge on any atom is 0.254 e. The second kappa shape index (κ2) is 4.79. The molecule has 122 valence electrons. The summed E-state index contributed by atoms with van der Waals surface area (Å²) >= 11 is 0. The van der Waals surface area contributed by atoms with Gasteiger partial charge in [0.05, 0.1) is 25.2 Å². The first-order valence-corrected chi connectivity index (χ1v) is 8.44. The summed E-state index contributed by atoms with van der Waals surface area (Å²) in [4.78, 5) is 25.6. The normalized spacial score (nSPS) is 38.6. The highest BCUT2D eigenvalue weighted by atomic mass is 16.5. The predicted molar refractivity (Wildman–Crippen MR) is 87.1 cm³/mol. The Bertz CT molecular complexity index is 764. The number of amides is 2. The molecule has 1 heterocycles. The minimum absolute atomic E-state index is 0.138. The van der Waals surface area contributed by atoms with E-state index in [-0.39, 0.29) is 35.5 Å². The zero-order valence-electron chi connectivity index (χ0n) is 13.3. The standard InChI is InChI=1S/C19H18N2O3/c1-24-15-5-3-2-4-10(15)9-20-21-18(22)16-11-6-7-12(14-8-13(11)14)17(16)19(21)23/h2-7,9,11-14,16-17H,8H2,1H3/b20-9-/t11-,12-,13-,14-,16+,17+/m0/s1. The number of hydrogen-bond donors (Lipinski definition) is 0. The molecule has 2 bridgehead atoms. The van der Waals surface area contributed by atoms with Crippen molar-refractivity contribution in [3.63, 3.8) is 0 Å². The Hall–Kier alpha value is -2.43. The number of imide groups is 1. The van der Waals surface area contributed by atoms with E-state index >= 15 is 0 Å². The van der Waals surface area contributed by atoms with Gasteiger partial charge in [-0.05, 0) is 42.2 Å². The molecule has 6 rings (SSSR count). The molecule has 24 heavy (non-hydrogen) atoms. The minimum atomic E-state index is -0.203. The second-order valence-corrected chi connectivity index (χ2v) is 7.13. The zero-order valence-corrected chi connectivity index (χ0v) is 13.3. The number of hydrazone groups is 1. The number of hydrogen-bond acceptors (Lipinski definition) is 4. The Kier molecular flexibility index (Phi) is 2.78. The van der Waals surface area contributed by atoms with Crippen molar-refractivity contribution in [2.24, 2.45) is 40.6 Å². The predicted octanol–water partition coefficient (Wildman–Crippen LogP) is 2.08. The summed E-state index contributed by atoms with van der Waals surface area (Å²) in [5.41, 5.74) is 0.749. The monoisotopic (exact) mass is 322 g/mol. The Morgan fingerprint density at radius 1 is 1.08 bits per heavy atom. The van der Waals surface area contributed by atoms with Gasteiger partial charge in [0.25, 0.3) is 11.8 Å². The van der Waals surface area contributed by atoms with Crippen LogP contribution in [0.4, 0.5) is 0 Å². The molecule has 1 aliphatic heterocycles. The lowest BCUT2D eigenvalue weighted by Gasteiger charge is -2.37. The maximum atomic E-state index is 12.8. The van der Waals surface area contributed by atoms with Crippen molar-refractivity contribution < 1.29 is 14.3 Å². The molecule has 6 atom stereocenters. The molecule has 2 saturated carbocycles. The van der Waals surface area contributed by atoms with E-state index < -0.39 is 0 Å².